The number of benzene rings is 1. The molecule has 0 heterocycles. The van der Waals surface area contributed by atoms with Gasteiger partial charge in [-0.15, -0.1) is 0 Å². The number of hydrogen-bond donors (Lipinski definition) is 2. The number of phenolic OH excluding ortho intramolecular Hbond substituents is 1. The SMILES string of the molecule is CNCCc1c(O)c(Cl)cc(C)c1F. The summed E-state index contributed by atoms with van der Waals surface area (Å²) in [6.07, 6.45) is 0.426. The molecule has 0 aromatic heterocycles. The highest BCUT2D eigenvalue weighted by atomic mass is 35.5. The van der Waals surface area contributed by atoms with Crippen LogP contribution in [0.25, 0.3) is 0 Å². The van der Waals surface area contributed by atoms with Crippen molar-refractivity contribution in [3.8, 4) is 5.75 Å². The topological polar surface area (TPSA) is 32.3 Å². The van der Waals surface area contributed by atoms with E-state index in [9.17, 15) is 9.50 Å². The molecule has 0 bridgehead atoms. The van der Waals surface area contributed by atoms with E-state index >= 15 is 0 Å². The third kappa shape index (κ3) is 2.16. The standard InChI is InChI=1S/C10H13ClFNO/c1-6-5-8(11)10(14)7(9(6)12)3-4-13-2/h5,13-14H,3-4H2,1-2H3. The molecule has 1 aromatic rings. The van der Waals surface area contributed by atoms with Crippen molar-refractivity contribution < 1.29 is 9.50 Å². The normalized spacial score (nSPS) is 10.6. The van der Waals surface area contributed by atoms with Crippen LogP contribution < -0.4 is 5.32 Å². The molecule has 0 amide bonds. The zero-order chi connectivity index (χ0) is 10.7. The first-order valence-electron chi connectivity index (χ1n) is 4.39. The first-order chi connectivity index (χ1) is 6.57. The van der Waals surface area contributed by atoms with Crippen molar-refractivity contribution in [1.29, 1.82) is 0 Å². The molecule has 2 N–H and O–H groups in total. The summed E-state index contributed by atoms with van der Waals surface area (Å²) in [6, 6.07) is 1.43. The van der Waals surface area contributed by atoms with Crippen molar-refractivity contribution in [2.45, 2.75) is 13.3 Å². The molecule has 0 unspecified atom stereocenters. The lowest BCUT2D eigenvalue weighted by Gasteiger charge is -2.09. The van der Waals surface area contributed by atoms with Crippen molar-refractivity contribution in [1.82, 2.24) is 5.32 Å². The quantitative estimate of drug-likeness (QED) is 0.814. The van der Waals surface area contributed by atoms with Crippen molar-refractivity contribution in [3.05, 3.63) is 28.0 Å². The summed E-state index contributed by atoms with van der Waals surface area (Å²) in [5.74, 6) is -0.521. The number of phenols is 1. The molecule has 4 heteroatoms. The highest BCUT2D eigenvalue weighted by Gasteiger charge is 2.13. The smallest absolute Gasteiger partial charge is 0.140 e. The van der Waals surface area contributed by atoms with E-state index in [0.29, 0.717) is 18.5 Å². The Balaban J connectivity index is 3.11. The summed E-state index contributed by atoms with van der Waals surface area (Å²) in [5, 5.41) is 12.6. The van der Waals surface area contributed by atoms with Crippen molar-refractivity contribution in [3.63, 3.8) is 0 Å². The fraction of sp³-hybridized carbons (Fsp3) is 0.400. The molecule has 0 saturated heterocycles. The Bertz CT molecular complexity index is 315. The molecule has 0 atom stereocenters. The number of halogens is 2. The van der Waals surface area contributed by atoms with E-state index in [1.54, 1.807) is 14.0 Å². The van der Waals surface area contributed by atoms with Crippen molar-refractivity contribution >= 4 is 11.6 Å². The maximum absolute atomic E-state index is 13.5. The second-order valence-electron chi connectivity index (χ2n) is 3.17. The van der Waals surface area contributed by atoms with E-state index in [2.05, 4.69) is 5.32 Å². The van der Waals surface area contributed by atoms with E-state index in [1.807, 2.05) is 0 Å². The van der Waals surface area contributed by atoms with E-state index in [1.165, 1.54) is 6.07 Å². The Morgan fingerprint density at radius 3 is 2.79 bits per heavy atom. The molecule has 0 aliphatic carbocycles. The minimum atomic E-state index is -0.373. The summed E-state index contributed by atoms with van der Waals surface area (Å²) < 4.78 is 13.5. The number of aromatic hydroxyl groups is 1. The van der Waals surface area contributed by atoms with Gasteiger partial charge in [-0.05, 0) is 38.6 Å². The van der Waals surface area contributed by atoms with E-state index in [-0.39, 0.29) is 22.2 Å². The molecule has 0 aliphatic rings. The van der Waals surface area contributed by atoms with E-state index < -0.39 is 0 Å². The molecular weight excluding hydrogens is 205 g/mol. The first kappa shape index (κ1) is 11.3. The van der Waals surface area contributed by atoms with Crippen LogP contribution in [0.5, 0.6) is 5.75 Å². The van der Waals surface area contributed by atoms with Gasteiger partial charge < -0.3 is 10.4 Å². The number of nitrogens with one attached hydrogen (secondary N) is 1. The van der Waals surface area contributed by atoms with Crippen LogP contribution in [-0.4, -0.2) is 18.7 Å². The largest absolute Gasteiger partial charge is 0.506 e. The lowest BCUT2D eigenvalue weighted by atomic mass is 10.1. The molecule has 0 spiro atoms. The Labute approximate surface area is 87.7 Å². The fourth-order valence-corrected chi connectivity index (χ4v) is 1.56. The van der Waals surface area contributed by atoms with Crippen LogP contribution in [0, 0.1) is 12.7 Å². The molecule has 1 aromatic carbocycles. The van der Waals surface area contributed by atoms with Gasteiger partial charge in [0.1, 0.15) is 11.6 Å². The molecular formula is C10H13ClFNO. The summed E-state index contributed by atoms with van der Waals surface area (Å²) in [5.41, 5.74) is 0.739. The van der Waals surface area contributed by atoms with Gasteiger partial charge in [-0.2, -0.15) is 0 Å². The first-order valence-corrected chi connectivity index (χ1v) is 4.76. The maximum atomic E-state index is 13.5. The number of likely N-dealkylation sites (N-methyl/N-ethyl adjacent to an activating group) is 1. The van der Waals surface area contributed by atoms with Crippen LogP contribution in [0.4, 0.5) is 4.39 Å². The van der Waals surface area contributed by atoms with Gasteiger partial charge in [-0.25, -0.2) is 4.39 Å². The second kappa shape index (κ2) is 4.62. The molecule has 14 heavy (non-hydrogen) atoms. The Morgan fingerprint density at radius 2 is 2.21 bits per heavy atom. The third-order valence-electron chi connectivity index (χ3n) is 2.09. The predicted octanol–water partition coefficient (Wildman–Crippen LogP) is 2.26. The predicted molar refractivity (Wildman–Crippen MR) is 55.4 cm³/mol. The van der Waals surface area contributed by atoms with Crippen LogP contribution in [0.1, 0.15) is 11.1 Å². The Kier molecular flexibility index (Phi) is 3.72. The maximum Gasteiger partial charge on any atom is 0.140 e. The Morgan fingerprint density at radius 1 is 1.57 bits per heavy atom. The average molecular weight is 218 g/mol. The third-order valence-corrected chi connectivity index (χ3v) is 2.38. The highest BCUT2D eigenvalue weighted by Crippen LogP contribution is 2.31. The van der Waals surface area contributed by atoms with Gasteiger partial charge in [-0.1, -0.05) is 11.6 Å². The minimum Gasteiger partial charge on any atom is -0.506 e. The van der Waals surface area contributed by atoms with Crippen LogP contribution in [0.3, 0.4) is 0 Å². The van der Waals surface area contributed by atoms with Crippen LogP contribution in [0.2, 0.25) is 5.02 Å². The Hall–Kier alpha value is -0.800. The van der Waals surface area contributed by atoms with Crippen molar-refractivity contribution in [2.75, 3.05) is 13.6 Å². The zero-order valence-electron chi connectivity index (χ0n) is 8.19. The lowest BCUT2D eigenvalue weighted by Crippen LogP contribution is -2.11. The molecule has 2 nitrogen and oxygen atoms in total. The molecule has 78 valence electrons. The van der Waals surface area contributed by atoms with Crippen molar-refractivity contribution in [2.24, 2.45) is 0 Å². The van der Waals surface area contributed by atoms with Gasteiger partial charge in [0.15, 0.2) is 0 Å². The summed E-state index contributed by atoms with van der Waals surface area (Å²) >= 11 is 5.73. The van der Waals surface area contributed by atoms with Crippen LogP contribution in [0.15, 0.2) is 6.07 Å². The summed E-state index contributed by atoms with van der Waals surface area (Å²) in [4.78, 5) is 0. The molecule has 0 saturated carbocycles. The average Bonchev–Trinajstić information content (AvgIpc) is 2.15. The highest BCUT2D eigenvalue weighted by molar-refractivity contribution is 6.32. The van der Waals surface area contributed by atoms with Gasteiger partial charge >= 0.3 is 0 Å². The van der Waals surface area contributed by atoms with Gasteiger partial charge in [0.25, 0.3) is 0 Å². The van der Waals surface area contributed by atoms with Gasteiger partial charge in [-0.3, -0.25) is 0 Å². The number of rotatable bonds is 3. The van der Waals surface area contributed by atoms with Gasteiger partial charge in [0.2, 0.25) is 0 Å². The summed E-state index contributed by atoms with van der Waals surface area (Å²) in [6.45, 7) is 2.23. The van der Waals surface area contributed by atoms with E-state index in [0.717, 1.165) is 0 Å². The second-order valence-corrected chi connectivity index (χ2v) is 3.58. The summed E-state index contributed by atoms with van der Waals surface area (Å²) in [7, 11) is 1.77. The van der Waals surface area contributed by atoms with Gasteiger partial charge in [0, 0.05) is 5.56 Å². The minimum absolute atomic E-state index is 0.148. The van der Waals surface area contributed by atoms with E-state index in [4.69, 9.17) is 11.6 Å². The lowest BCUT2D eigenvalue weighted by molar-refractivity contribution is 0.457. The number of aryl methyl sites for hydroxylation is 1. The van der Waals surface area contributed by atoms with Crippen LogP contribution >= 0.6 is 11.6 Å². The molecule has 0 aliphatic heterocycles. The van der Waals surface area contributed by atoms with Crippen LogP contribution in [-0.2, 0) is 6.42 Å². The molecule has 0 fully saturated rings. The molecule has 1 rings (SSSR count). The number of hydrogen-bond acceptors (Lipinski definition) is 2. The molecule has 0 radical (unpaired) electrons. The zero-order valence-corrected chi connectivity index (χ0v) is 8.95. The fourth-order valence-electron chi connectivity index (χ4n) is 1.29. The van der Waals surface area contributed by atoms with Gasteiger partial charge in [0.05, 0.1) is 5.02 Å². The monoisotopic (exact) mass is 217 g/mol.